The Hall–Kier alpha value is -2.15. The number of fused-ring (bicyclic) bond motifs is 1. The van der Waals surface area contributed by atoms with Gasteiger partial charge in [-0.15, -0.1) is 0 Å². The lowest BCUT2D eigenvalue weighted by molar-refractivity contribution is 0.785. The van der Waals surface area contributed by atoms with E-state index >= 15 is 0 Å². The molecule has 3 rings (SSSR count). The summed E-state index contributed by atoms with van der Waals surface area (Å²) in [5.74, 6) is 0.968. The van der Waals surface area contributed by atoms with E-state index in [-0.39, 0.29) is 0 Å². The first-order valence-electron chi connectivity index (χ1n) is 5.44. The van der Waals surface area contributed by atoms with Crippen LogP contribution in [-0.4, -0.2) is 19.7 Å². The number of rotatable bonds is 3. The van der Waals surface area contributed by atoms with Gasteiger partial charge in [-0.3, -0.25) is 4.68 Å². The molecule has 3 aromatic heterocycles. The van der Waals surface area contributed by atoms with Crippen molar-refractivity contribution in [2.45, 2.75) is 6.54 Å². The van der Waals surface area contributed by atoms with Gasteiger partial charge in [0, 0.05) is 13.6 Å². The molecule has 18 heavy (non-hydrogen) atoms. The summed E-state index contributed by atoms with van der Waals surface area (Å²) in [6.45, 7) is 0.687. The Morgan fingerprint density at radius 3 is 3.11 bits per heavy atom. The lowest BCUT2D eigenvalue weighted by atomic mass is 10.3. The number of thiophene rings is 1. The number of nitrogens with zero attached hydrogens (tertiary/aromatic N) is 4. The monoisotopic (exact) mass is 260 g/mol. The Labute approximate surface area is 107 Å². The van der Waals surface area contributed by atoms with Crippen molar-refractivity contribution in [1.29, 1.82) is 0 Å². The number of hydrogen-bond acceptors (Lipinski definition) is 6. The lowest BCUT2D eigenvalue weighted by Gasteiger charge is -2.05. The Morgan fingerprint density at radius 1 is 1.44 bits per heavy atom. The Bertz CT molecular complexity index is 672. The minimum Gasteiger partial charge on any atom is -0.383 e. The molecule has 0 aromatic carbocycles. The van der Waals surface area contributed by atoms with E-state index in [1.165, 1.54) is 5.56 Å². The molecule has 0 aliphatic heterocycles. The van der Waals surface area contributed by atoms with Crippen molar-refractivity contribution in [3.63, 3.8) is 0 Å². The average Bonchev–Trinajstić information content (AvgIpc) is 2.98. The van der Waals surface area contributed by atoms with Gasteiger partial charge in [0.15, 0.2) is 5.65 Å². The minimum absolute atomic E-state index is 0.445. The van der Waals surface area contributed by atoms with Crippen LogP contribution in [-0.2, 0) is 13.6 Å². The molecule has 6 nitrogen and oxygen atoms in total. The van der Waals surface area contributed by atoms with Gasteiger partial charge in [0.05, 0.1) is 11.6 Å². The predicted octanol–water partition coefficient (Wildman–Crippen LogP) is 1.62. The second kappa shape index (κ2) is 4.26. The highest BCUT2D eigenvalue weighted by Crippen LogP contribution is 2.18. The number of aryl methyl sites for hydroxylation is 1. The summed E-state index contributed by atoms with van der Waals surface area (Å²) in [5, 5.41) is 12.2. The van der Waals surface area contributed by atoms with Gasteiger partial charge in [-0.05, 0) is 22.4 Å². The standard InChI is InChI=1S/C11H12N6S/c1-17-10-8(5-14-17)9(12)15-11(16-10)13-4-7-2-3-18-6-7/h2-3,5-6H,4H2,1H3,(H3,12,13,15,16). The molecule has 3 N–H and O–H groups in total. The van der Waals surface area contributed by atoms with E-state index in [0.29, 0.717) is 18.3 Å². The summed E-state index contributed by atoms with van der Waals surface area (Å²) in [7, 11) is 1.83. The smallest absolute Gasteiger partial charge is 0.226 e. The number of nitrogens with two attached hydrogens (primary N) is 1. The lowest BCUT2D eigenvalue weighted by Crippen LogP contribution is -2.06. The maximum atomic E-state index is 5.88. The molecule has 0 amide bonds. The van der Waals surface area contributed by atoms with Gasteiger partial charge in [0.2, 0.25) is 5.95 Å². The van der Waals surface area contributed by atoms with Gasteiger partial charge in [0.25, 0.3) is 0 Å². The first-order chi connectivity index (χ1) is 8.74. The van der Waals surface area contributed by atoms with Crippen LogP contribution in [0.5, 0.6) is 0 Å². The topological polar surface area (TPSA) is 81.7 Å². The van der Waals surface area contributed by atoms with Crippen molar-refractivity contribution >= 4 is 34.1 Å². The van der Waals surface area contributed by atoms with E-state index in [2.05, 4.69) is 31.8 Å². The van der Waals surface area contributed by atoms with Gasteiger partial charge in [-0.1, -0.05) is 0 Å². The number of nitrogens with one attached hydrogen (secondary N) is 1. The third kappa shape index (κ3) is 1.88. The number of aromatic nitrogens is 4. The summed E-state index contributed by atoms with van der Waals surface area (Å²) >= 11 is 1.66. The van der Waals surface area contributed by atoms with Crippen LogP contribution in [0.4, 0.5) is 11.8 Å². The maximum absolute atomic E-state index is 5.88. The van der Waals surface area contributed by atoms with Crippen LogP contribution < -0.4 is 11.1 Å². The van der Waals surface area contributed by atoms with E-state index in [1.807, 2.05) is 12.4 Å². The fourth-order valence-corrected chi connectivity index (χ4v) is 2.37. The number of hydrogen-bond donors (Lipinski definition) is 2. The van der Waals surface area contributed by atoms with Gasteiger partial charge >= 0.3 is 0 Å². The molecule has 7 heteroatoms. The molecule has 0 radical (unpaired) electrons. The number of anilines is 2. The molecule has 0 atom stereocenters. The fourth-order valence-electron chi connectivity index (χ4n) is 1.70. The zero-order valence-electron chi connectivity index (χ0n) is 9.79. The average molecular weight is 260 g/mol. The SMILES string of the molecule is Cn1ncc2c(N)nc(NCc3ccsc3)nc21. The second-order valence-corrected chi connectivity index (χ2v) is 4.70. The normalized spacial score (nSPS) is 10.9. The summed E-state index contributed by atoms with van der Waals surface area (Å²) in [5.41, 5.74) is 7.81. The summed E-state index contributed by atoms with van der Waals surface area (Å²) in [6.07, 6.45) is 1.67. The van der Waals surface area contributed by atoms with E-state index in [0.717, 1.165) is 11.0 Å². The van der Waals surface area contributed by atoms with Crippen LogP contribution >= 0.6 is 11.3 Å². The maximum Gasteiger partial charge on any atom is 0.226 e. The van der Waals surface area contributed by atoms with E-state index in [9.17, 15) is 0 Å². The van der Waals surface area contributed by atoms with Crippen LogP contribution in [0.1, 0.15) is 5.56 Å². The molecule has 0 spiro atoms. The molecule has 92 valence electrons. The minimum atomic E-state index is 0.445. The predicted molar refractivity (Wildman–Crippen MR) is 72.4 cm³/mol. The van der Waals surface area contributed by atoms with Crippen molar-refractivity contribution in [1.82, 2.24) is 19.7 Å². The van der Waals surface area contributed by atoms with Crippen LogP contribution in [0.25, 0.3) is 11.0 Å². The highest BCUT2D eigenvalue weighted by Gasteiger charge is 2.08. The molecular formula is C11H12N6S. The van der Waals surface area contributed by atoms with Crippen LogP contribution in [0, 0.1) is 0 Å². The van der Waals surface area contributed by atoms with Gasteiger partial charge in [0.1, 0.15) is 5.82 Å². The summed E-state index contributed by atoms with van der Waals surface area (Å²) < 4.78 is 1.68. The molecule has 0 fully saturated rings. The van der Waals surface area contributed by atoms with Crippen molar-refractivity contribution in [2.24, 2.45) is 7.05 Å². The molecule has 0 aliphatic carbocycles. The van der Waals surface area contributed by atoms with Crippen molar-refractivity contribution in [3.8, 4) is 0 Å². The van der Waals surface area contributed by atoms with Gasteiger partial charge in [-0.25, -0.2) is 0 Å². The first-order valence-corrected chi connectivity index (χ1v) is 6.38. The Morgan fingerprint density at radius 2 is 2.33 bits per heavy atom. The summed E-state index contributed by atoms with van der Waals surface area (Å²) in [6, 6.07) is 2.06. The summed E-state index contributed by atoms with van der Waals surface area (Å²) in [4.78, 5) is 8.62. The highest BCUT2D eigenvalue weighted by molar-refractivity contribution is 7.07. The van der Waals surface area contributed by atoms with Crippen LogP contribution in [0.2, 0.25) is 0 Å². The molecule has 0 bridgehead atoms. The fraction of sp³-hybridized carbons (Fsp3) is 0.182. The third-order valence-corrected chi connectivity index (χ3v) is 3.38. The van der Waals surface area contributed by atoms with Gasteiger partial charge in [-0.2, -0.15) is 26.4 Å². The quantitative estimate of drug-likeness (QED) is 0.748. The zero-order chi connectivity index (χ0) is 12.5. The Balaban J connectivity index is 1.90. The Kier molecular flexibility index (Phi) is 2.60. The molecule has 3 heterocycles. The zero-order valence-corrected chi connectivity index (χ0v) is 10.6. The van der Waals surface area contributed by atoms with Crippen molar-refractivity contribution in [3.05, 3.63) is 28.6 Å². The van der Waals surface area contributed by atoms with E-state index in [4.69, 9.17) is 5.73 Å². The third-order valence-electron chi connectivity index (χ3n) is 2.65. The van der Waals surface area contributed by atoms with Crippen molar-refractivity contribution < 1.29 is 0 Å². The van der Waals surface area contributed by atoms with E-state index < -0.39 is 0 Å². The molecule has 3 aromatic rings. The largest absolute Gasteiger partial charge is 0.383 e. The van der Waals surface area contributed by atoms with Crippen molar-refractivity contribution in [2.75, 3.05) is 11.1 Å². The molecule has 0 saturated heterocycles. The van der Waals surface area contributed by atoms with Gasteiger partial charge < -0.3 is 11.1 Å². The molecule has 0 aliphatic rings. The molecule has 0 saturated carbocycles. The van der Waals surface area contributed by atoms with E-state index in [1.54, 1.807) is 22.2 Å². The second-order valence-electron chi connectivity index (χ2n) is 3.92. The van der Waals surface area contributed by atoms with Crippen LogP contribution in [0.15, 0.2) is 23.0 Å². The molecular weight excluding hydrogens is 248 g/mol. The number of nitrogen functional groups attached to an aromatic ring is 1. The van der Waals surface area contributed by atoms with Crippen LogP contribution in [0.3, 0.4) is 0 Å². The first kappa shape index (κ1) is 11.0. The molecule has 0 unspecified atom stereocenters. The highest BCUT2D eigenvalue weighted by atomic mass is 32.1.